The van der Waals surface area contributed by atoms with Gasteiger partial charge in [0.05, 0.1) is 5.56 Å². The predicted molar refractivity (Wildman–Crippen MR) is 84.8 cm³/mol. The molecular weight excluding hydrogens is 314 g/mol. The fourth-order valence-corrected chi connectivity index (χ4v) is 1.90. The minimum absolute atomic E-state index is 0.0975. The molecular formula is C14H13N7O3. The molecule has 10 nitrogen and oxygen atoms in total. The molecule has 3 rings (SSSR count). The number of carbonyl (C=O) groups is 1. The number of carboxylic acids is 1. The second-order valence-electron chi connectivity index (χ2n) is 4.85. The van der Waals surface area contributed by atoms with Gasteiger partial charge in [-0.1, -0.05) is 0 Å². The van der Waals surface area contributed by atoms with E-state index in [0.29, 0.717) is 11.5 Å². The van der Waals surface area contributed by atoms with E-state index in [0.717, 1.165) is 5.69 Å². The Labute approximate surface area is 135 Å². The molecule has 0 fully saturated rings. The lowest BCUT2D eigenvalue weighted by atomic mass is 10.2. The van der Waals surface area contributed by atoms with Crippen LogP contribution in [-0.4, -0.2) is 41.3 Å². The Hall–Kier alpha value is -3.69. The highest BCUT2D eigenvalue weighted by atomic mass is 16.4. The molecule has 0 aliphatic heterocycles. The summed E-state index contributed by atoms with van der Waals surface area (Å²) >= 11 is 0. The van der Waals surface area contributed by atoms with Crippen molar-refractivity contribution in [2.24, 2.45) is 0 Å². The molecule has 24 heavy (non-hydrogen) atoms. The van der Waals surface area contributed by atoms with E-state index in [1.165, 1.54) is 12.1 Å². The molecule has 0 spiro atoms. The normalized spacial score (nSPS) is 10.4. The van der Waals surface area contributed by atoms with E-state index < -0.39 is 12.0 Å². The van der Waals surface area contributed by atoms with Gasteiger partial charge in [0.2, 0.25) is 11.9 Å². The number of aromatic amines is 1. The fourth-order valence-electron chi connectivity index (χ4n) is 1.90. The summed E-state index contributed by atoms with van der Waals surface area (Å²) in [5, 5.41) is 30.9. The molecule has 1 aromatic carbocycles. The standard InChI is InChI=1S/C14H13N7O3/c1-7-6-10(21-20-7)16-13-17-12(18-14(24)19-13)15-9-4-2-8(3-5-9)11(22)23/h2-6H,1H3,(H,22,23)(H4,15,16,17,18,19,20,21,24). The van der Waals surface area contributed by atoms with E-state index in [-0.39, 0.29) is 17.5 Å². The lowest BCUT2D eigenvalue weighted by molar-refractivity contribution is 0.0697. The molecule has 0 saturated carbocycles. The number of H-pyrrole nitrogens is 1. The smallest absolute Gasteiger partial charge is 0.335 e. The Bertz CT molecular complexity index is 876. The molecule has 10 heteroatoms. The van der Waals surface area contributed by atoms with E-state index in [9.17, 15) is 9.90 Å². The zero-order valence-electron chi connectivity index (χ0n) is 12.5. The first-order valence-corrected chi connectivity index (χ1v) is 6.84. The lowest BCUT2D eigenvalue weighted by Gasteiger charge is -2.07. The molecule has 2 aromatic heterocycles. The minimum Gasteiger partial charge on any atom is -0.479 e. The third-order valence-electron chi connectivity index (χ3n) is 2.96. The summed E-state index contributed by atoms with van der Waals surface area (Å²) in [7, 11) is 0. The van der Waals surface area contributed by atoms with E-state index in [2.05, 4.69) is 35.8 Å². The van der Waals surface area contributed by atoms with Gasteiger partial charge in [-0.15, -0.1) is 0 Å². The average molecular weight is 327 g/mol. The van der Waals surface area contributed by atoms with Crippen LogP contribution in [0.4, 0.5) is 23.4 Å². The maximum atomic E-state index is 10.8. The Morgan fingerprint density at radius 1 is 1.08 bits per heavy atom. The maximum absolute atomic E-state index is 10.8. The summed E-state index contributed by atoms with van der Waals surface area (Å²) < 4.78 is 0. The van der Waals surface area contributed by atoms with Crippen LogP contribution in [0.2, 0.25) is 0 Å². The molecule has 3 aromatic rings. The number of nitrogens with zero attached hydrogens (tertiary/aromatic N) is 4. The van der Waals surface area contributed by atoms with E-state index in [4.69, 9.17) is 5.11 Å². The summed E-state index contributed by atoms with van der Waals surface area (Å²) in [6.07, 6.45) is 0. The Kier molecular flexibility index (Phi) is 3.93. The second kappa shape index (κ2) is 6.20. The first-order valence-electron chi connectivity index (χ1n) is 6.84. The summed E-state index contributed by atoms with van der Waals surface area (Å²) in [5.74, 6) is -0.311. The number of nitrogens with one attached hydrogen (secondary N) is 3. The van der Waals surface area contributed by atoms with Crippen molar-refractivity contribution in [2.75, 3.05) is 10.6 Å². The van der Waals surface area contributed by atoms with E-state index in [1.54, 1.807) is 18.2 Å². The largest absolute Gasteiger partial charge is 0.479 e. The van der Waals surface area contributed by atoms with Gasteiger partial charge in [-0.2, -0.15) is 20.1 Å². The van der Waals surface area contributed by atoms with Gasteiger partial charge >= 0.3 is 12.0 Å². The van der Waals surface area contributed by atoms with Crippen molar-refractivity contribution in [3.8, 4) is 6.01 Å². The Morgan fingerprint density at radius 2 is 1.75 bits per heavy atom. The van der Waals surface area contributed by atoms with Crippen LogP contribution in [0.1, 0.15) is 16.1 Å². The van der Waals surface area contributed by atoms with Crippen LogP contribution < -0.4 is 10.6 Å². The summed E-state index contributed by atoms with van der Waals surface area (Å²) in [6, 6.07) is 7.29. The maximum Gasteiger partial charge on any atom is 0.335 e. The monoisotopic (exact) mass is 327 g/mol. The molecule has 0 aliphatic rings. The molecule has 2 heterocycles. The highest BCUT2D eigenvalue weighted by molar-refractivity contribution is 5.88. The van der Waals surface area contributed by atoms with Crippen LogP contribution in [-0.2, 0) is 0 Å². The molecule has 122 valence electrons. The average Bonchev–Trinajstić information content (AvgIpc) is 2.92. The fraction of sp³-hybridized carbons (Fsp3) is 0.0714. The van der Waals surface area contributed by atoms with E-state index in [1.807, 2.05) is 6.92 Å². The van der Waals surface area contributed by atoms with Crippen LogP contribution in [0.15, 0.2) is 30.3 Å². The SMILES string of the molecule is Cc1cc(Nc2nc(O)nc(Nc3ccc(C(=O)O)cc3)n2)n[nH]1. The molecule has 0 amide bonds. The van der Waals surface area contributed by atoms with Gasteiger partial charge in [-0.25, -0.2) is 4.79 Å². The van der Waals surface area contributed by atoms with Crippen LogP contribution in [0.3, 0.4) is 0 Å². The molecule has 0 bridgehead atoms. The number of hydrogen-bond donors (Lipinski definition) is 5. The number of aryl methyl sites for hydroxylation is 1. The quantitative estimate of drug-likeness (QED) is 0.472. The summed E-state index contributed by atoms with van der Waals surface area (Å²) in [4.78, 5) is 22.5. The number of carboxylic acid groups (broad SMARTS) is 1. The Balaban J connectivity index is 1.79. The molecule has 0 unspecified atom stereocenters. The van der Waals surface area contributed by atoms with Crippen molar-refractivity contribution >= 4 is 29.4 Å². The van der Waals surface area contributed by atoms with Crippen LogP contribution in [0.5, 0.6) is 6.01 Å². The lowest BCUT2D eigenvalue weighted by Crippen LogP contribution is -2.04. The van der Waals surface area contributed by atoms with Crippen molar-refractivity contribution in [1.29, 1.82) is 0 Å². The van der Waals surface area contributed by atoms with Gasteiger partial charge in [0.15, 0.2) is 5.82 Å². The van der Waals surface area contributed by atoms with Gasteiger partial charge in [0, 0.05) is 17.4 Å². The van der Waals surface area contributed by atoms with Gasteiger partial charge in [0.1, 0.15) is 0 Å². The van der Waals surface area contributed by atoms with Crippen LogP contribution >= 0.6 is 0 Å². The highest BCUT2D eigenvalue weighted by Gasteiger charge is 2.08. The molecule has 0 saturated heterocycles. The topological polar surface area (TPSA) is 149 Å². The zero-order chi connectivity index (χ0) is 17.1. The molecule has 0 aliphatic carbocycles. The first-order chi connectivity index (χ1) is 11.5. The predicted octanol–water partition coefficient (Wildman–Crippen LogP) is 1.79. The minimum atomic E-state index is -1.01. The van der Waals surface area contributed by atoms with Crippen molar-refractivity contribution < 1.29 is 15.0 Å². The van der Waals surface area contributed by atoms with Crippen LogP contribution in [0.25, 0.3) is 0 Å². The van der Waals surface area contributed by atoms with Gasteiger partial charge in [0.25, 0.3) is 0 Å². The second-order valence-corrected chi connectivity index (χ2v) is 4.85. The number of aromatic carboxylic acids is 1. The van der Waals surface area contributed by atoms with Gasteiger partial charge in [-0.05, 0) is 31.2 Å². The summed E-state index contributed by atoms with van der Waals surface area (Å²) in [5.41, 5.74) is 1.58. The number of aromatic nitrogens is 5. The van der Waals surface area contributed by atoms with E-state index >= 15 is 0 Å². The molecule has 0 radical (unpaired) electrons. The zero-order valence-corrected chi connectivity index (χ0v) is 12.5. The van der Waals surface area contributed by atoms with Crippen LogP contribution in [0, 0.1) is 6.92 Å². The van der Waals surface area contributed by atoms with Gasteiger partial charge in [-0.3, -0.25) is 5.10 Å². The highest BCUT2D eigenvalue weighted by Crippen LogP contribution is 2.18. The third kappa shape index (κ3) is 3.55. The van der Waals surface area contributed by atoms with Crippen molar-refractivity contribution in [2.45, 2.75) is 6.92 Å². The first kappa shape index (κ1) is 15.2. The third-order valence-corrected chi connectivity index (χ3v) is 2.96. The van der Waals surface area contributed by atoms with Crippen molar-refractivity contribution in [3.05, 3.63) is 41.6 Å². The Morgan fingerprint density at radius 3 is 2.33 bits per heavy atom. The molecule has 5 N–H and O–H groups in total. The van der Waals surface area contributed by atoms with Gasteiger partial charge < -0.3 is 20.8 Å². The number of rotatable bonds is 5. The van der Waals surface area contributed by atoms with Crippen molar-refractivity contribution in [1.82, 2.24) is 25.1 Å². The number of benzene rings is 1. The number of hydrogen-bond acceptors (Lipinski definition) is 8. The molecule has 0 atom stereocenters. The van der Waals surface area contributed by atoms with Crippen molar-refractivity contribution in [3.63, 3.8) is 0 Å². The summed E-state index contributed by atoms with van der Waals surface area (Å²) in [6.45, 7) is 1.84. The number of anilines is 4. The number of aromatic hydroxyl groups is 1.